The van der Waals surface area contributed by atoms with Crippen LogP contribution in [0.3, 0.4) is 0 Å². The molecule has 0 spiro atoms. The first kappa shape index (κ1) is 18.4. The molecule has 0 saturated heterocycles. The van der Waals surface area contributed by atoms with Gasteiger partial charge in [-0.05, 0) is 69.3 Å². The average Bonchev–Trinajstić information content (AvgIpc) is 3.24. The lowest BCUT2D eigenvalue weighted by Crippen LogP contribution is -2.21. The van der Waals surface area contributed by atoms with Gasteiger partial charge in [0.1, 0.15) is 5.76 Å². The molecule has 1 aromatic heterocycles. The molecule has 0 aliphatic carbocycles. The first-order valence-corrected chi connectivity index (χ1v) is 8.58. The number of benzene rings is 1. The average molecular weight is 364 g/mol. The SMILES string of the molecule is CC1=NN(c2ccc(C(=O)OC(C)C)cc2)C(=O)/C1=C/C=C/c1ccco1. The van der Waals surface area contributed by atoms with Crippen molar-refractivity contribution in [2.24, 2.45) is 5.10 Å². The van der Waals surface area contributed by atoms with Crippen molar-refractivity contribution in [2.75, 3.05) is 5.01 Å². The molecule has 0 bridgehead atoms. The number of carbonyl (C=O) groups excluding carboxylic acids is 2. The first-order chi connectivity index (χ1) is 13.0. The second-order valence-corrected chi connectivity index (χ2v) is 6.26. The number of hydrazone groups is 1. The van der Waals surface area contributed by atoms with Crippen LogP contribution in [0.1, 0.15) is 36.9 Å². The first-order valence-electron chi connectivity index (χ1n) is 8.58. The van der Waals surface area contributed by atoms with Crippen LogP contribution in [0.25, 0.3) is 6.08 Å². The molecule has 1 aromatic carbocycles. The summed E-state index contributed by atoms with van der Waals surface area (Å²) in [4.78, 5) is 24.6. The fraction of sp³-hybridized carbons (Fsp3) is 0.190. The number of esters is 1. The molecule has 0 atom stereocenters. The van der Waals surface area contributed by atoms with Crippen LogP contribution < -0.4 is 5.01 Å². The van der Waals surface area contributed by atoms with Crippen LogP contribution >= 0.6 is 0 Å². The zero-order chi connectivity index (χ0) is 19.4. The van der Waals surface area contributed by atoms with E-state index in [1.807, 2.05) is 6.07 Å². The lowest BCUT2D eigenvalue weighted by atomic mass is 10.1. The molecule has 1 amide bonds. The fourth-order valence-electron chi connectivity index (χ4n) is 2.53. The highest BCUT2D eigenvalue weighted by molar-refractivity contribution is 6.29. The van der Waals surface area contributed by atoms with E-state index in [4.69, 9.17) is 9.15 Å². The number of amides is 1. The number of ether oxygens (including phenoxy) is 1. The molecule has 0 unspecified atom stereocenters. The molecule has 1 aliphatic heterocycles. The Hall–Kier alpha value is -3.41. The van der Waals surface area contributed by atoms with E-state index in [0.717, 1.165) is 0 Å². The van der Waals surface area contributed by atoms with Crippen LogP contribution in [0.5, 0.6) is 0 Å². The quantitative estimate of drug-likeness (QED) is 0.589. The van der Waals surface area contributed by atoms with Crippen molar-refractivity contribution in [2.45, 2.75) is 26.9 Å². The van der Waals surface area contributed by atoms with Crippen molar-refractivity contribution >= 4 is 29.4 Å². The molecular weight excluding hydrogens is 344 g/mol. The van der Waals surface area contributed by atoms with Crippen molar-refractivity contribution < 1.29 is 18.7 Å². The molecule has 3 rings (SSSR count). The summed E-state index contributed by atoms with van der Waals surface area (Å²) in [6.07, 6.45) is 6.62. The second kappa shape index (κ2) is 7.86. The standard InChI is InChI=1S/C21H20N2O4/c1-14(2)27-21(25)16-9-11-17(12-10-16)23-20(24)19(15(3)22-23)8-4-6-18-7-5-13-26-18/h4-14H,1-3H3/b6-4+,19-8+. The Morgan fingerprint density at radius 2 is 1.96 bits per heavy atom. The highest BCUT2D eigenvalue weighted by atomic mass is 16.5. The number of hydrogen-bond donors (Lipinski definition) is 0. The van der Waals surface area contributed by atoms with Gasteiger partial charge < -0.3 is 9.15 Å². The van der Waals surface area contributed by atoms with Crippen LogP contribution in [-0.2, 0) is 9.53 Å². The monoisotopic (exact) mass is 364 g/mol. The lowest BCUT2D eigenvalue weighted by Gasteiger charge is -2.12. The normalized spacial score (nSPS) is 15.9. The van der Waals surface area contributed by atoms with Gasteiger partial charge in [-0.25, -0.2) is 4.79 Å². The Morgan fingerprint density at radius 3 is 2.59 bits per heavy atom. The molecule has 1 aliphatic rings. The molecule has 0 N–H and O–H groups in total. The third kappa shape index (κ3) is 4.23. The molecule has 2 aromatic rings. The number of allylic oxidation sites excluding steroid dienone is 2. The third-order valence-electron chi connectivity index (χ3n) is 3.82. The van der Waals surface area contributed by atoms with Gasteiger partial charge in [0, 0.05) is 0 Å². The van der Waals surface area contributed by atoms with Gasteiger partial charge in [0.2, 0.25) is 0 Å². The Labute approximate surface area is 157 Å². The summed E-state index contributed by atoms with van der Waals surface area (Å²) in [5.41, 5.74) is 2.13. The minimum Gasteiger partial charge on any atom is -0.465 e. The zero-order valence-electron chi connectivity index (χ0n) is 15.4. The van der Waals surface area contributed by atoms with E-state index in [-0.39, 0.29) is 12.0 Å². The summed E-state index contributed by atoms with van der Waals surface area (Å²) in [5, 5.41) is 5.64. The minimum atomic E-state index is -0.396. The fourth-order valence-corrected chi connectivity index (χ4v) is 2.53. The van der Waals surface area contributed by atoms with Gasteiger partial charge in [-0.3, -0.25) is 4.79 Å². The van der Waals surface area contributed by atoms with Gasteiger partial charge in [0.05, 0.1) is 34.9 Å². The molecule has 0 fully saturated rings. The van der Waals surface area contributed by atoms with E-state index in [2.05, 4.69) is 5.10 Å². The van der Waals surface area contributed by atoms with Crippen molar-refractivity contribution in [3.8, 4) is 0 Å². The van der Waals surface area contributed by atoms with Crippen molar-refractivity contribution in [1.82, 2.24) is 0 Å². The summed E-state index contributed by atoms with van der Waals surface area (Å²) < 4.78 is 10.4. The van der Waals surface area contributed by atoms with Crippen LogP contribution in [0.4, 0.5) is 5.69 Å². The molecule has 6 nitrogen and oxygen atoms in total. The van der Waals surface area contributed by atoms with E-state index in [1.165, 1.54) is 5.01 Å². The van der Waals surface area contributed by atoms with E-state index >= 15 is 0 Å². The molecule has 27 heavy (non-hydrogen) atoms. The number of anilines is 1. The van der Waals surface area contributed by atoms with Crippen molar-refractivity contribution in [1.29, 1.82) is 0 Å². The summed E-state index contributed by atoms with van der Waals surface area (Å²) in [6, 6.07) is 10.2. The third-order valence-corrected chi connectivity index (χ3v) is 3.82. The Morgan fingerprint density at radius 1 is 1.22 bits per heavy atom. The minimum absolute atomic E-state index is 0.188. The molecule has 138 valence electrons. The number of nitrogens with zero attached hydrogens (tertiary/aromatic N) is 2. The van der Waals surface area contributed by atoms with Crippen LogP contribution in [-0.4, -0.2) is 23.7 Å². The smallest absolute Gasteiger partial charge is 0.338 e. The van der Waals surface area contributed by atoms with Crippen LogP contribution in [0.2, 0.25) is 0 Å². The summed E-state index contributed by atoms with van der Waals surface area (Å²) in [6.45, 7) is 5.36. The van der Waals surface area contributed by atoms with Gasteiger partial charge >= 0.3 is 5.97 Å². The molecule has 2 heterocycles. The van der Waals surface area contributed by atoms with E-state index in [0.29, 0.717) is 28.3 Å². The highest BCUT2D eigenvalue weighted by Gasteiger charge is 2.28. The maximum atomic E-state index is 12.7. The molecule has 0 saturated carbocycles. The van der Waals surface area contributed by atoms with E-state index in [9.17, 15) is 9.59 Å². The topological polar surface area (TPSA) is 72.1 Å². The Bertz CT molecular complexity index is 920. The van der Waals surface area contributed by atoms with Crippen molar-refractivity contribution in [3.63, 3.8) is 0 Å². The molecule has 0 radical (unpaired) electrons. The van der Waals surface area contributed by atoms with Crippen molar-refractivity contribution in [3.05, 3.63) is 71.7 Å². The maximum Gasteiger partial charge on any atom is 0.338 e. The number of carbonyl (C=O) groups is 2. The predicted molar refractivity (Wildman–Crippen MR) is 103 cm³/mol. The summed E-state index contributed by atoms with van der Waals surface area (Å²) >= 11 is 0. The maximum absolute atomic E-state index is 12.7. The van der Waals surface area contributed by atoms with Gasteiger partial charge in [-0.2, -0.15) is 10.1 Å². The van der Waals surface area contributed by atoms with Gasteiger partial charge in [0.25, 0.3) is 5.91 Å². The lowest BCUT2D eigenvalue weighted by molar-refractivity contribution is -0.114. The number of furan rings is 1. The van der Waals surface area contributed by atoms with Crippen LogP contribution in [0.15, 0.2) is 69.9 Å². The van der Waals surface area contributed by atoms with Gasteiger partial charge in [0.15, 0.2) is 0 Å². The Kier molecular flexibility index (Phi) is 5.35. The zero-order valence-corrected chi connectivity index (χ0v) is 15.4. The van der Waals surface area contributed by atoms with E-state index < -0.39 is 5.97 Å². The summed E-state index contributed by atoms with van der Waals surface area (Å²) in [7, 11) is 0. The predicted octanol–water partition coefficient (Wildman–Crippen LogP) is 4.21. The Balaban J connectivity index is 1.74. The second-order valence-electron chi connectivity index (χ2n) is 6.26. The largest absolute Gasteiger partial charge is 0.465 e. The molecular formula is C21H20N2O4. The van der Waals surface area contributed by atoms with Gasteiger partial charge in [-0.1, -0.05) is 6.08 Å². The number of rotatable bonds is 5. The van der Waals surface area contributed by atoms with Gasteiger partial charge in [-0.15, -0.1) is 0 Å². The summed E-state index contributed by atoms with van der Waals surface area (Å²) in [5.74, 6) is 0.0781. The van der Waals surface area contributed by atoms with E-state index in [1.54, 1.807) is 75.6 Å². The number of hydrogen-bond acceptors (Lipinski definition) is 5. The molecule has 6 heteroatoms. The highest BCUT2D eigenvalue weighted by Crippen LogP contribution is 2.24. The van der Waals surface area contributed by atoms with Crippen LogP contribution in [0, 0.1) is 0 Å².